The summed E-state index contributed by atoms with van der Waals surface area (Å²) < 4.78 is 31.7. The molecule has 1 aromatic rings. The number of carbonyl (C=O) groups excluding carboxylic acids is 1. The molecule has 2 aliphatic heterocycles. The van der Waals surface area contributed by atoms with Crippen LogP contribution < -0.4 is 4.74 Å². The maximum atomic E-state index is 13.3. The minimum absolute atomic E-state index is 0.201. The SMILES string of the molecule is COc1ccc(C2=NO[C@@H](C(=O)N3[C@@H]4C[C@H]5CC[C@@]4(C5(C)C)S3(=O)=O)[C@@H]2O)cc1. The van der Waals surface area contributed by atoms with Crippen molar-refractivity contribution in [2.75, 3.05) is 7.11 Å². The Balaban J connectivity index is 1.39. The average molecular weight is 420 g/mol. The Kier molecular flexibility index (Phi) is 3.72. The number of benzene rings is 1. The highest BCUT2D eigenvalue weighted by Crippen LogP contribution is 2.70. The molecule has 2 bridgehead atoms. The van der Waals surface area contributed by atoms with Gasteiger partial charge in [-0.3, -0.25) is 4.79 Å². The first-order valence-corrected chi connectivity index (χ1v) is 11.2. The van der Waals surface area contributed by atoms with Crippen LogP contribution >= 0.6 is 0 Å². The lowest BCUT2D eigenvalue weighted by Gasteiger charge is -2.56. The molecule has 2 heterocycles. The van der Waals surface area contributed by atoms with Crippen molar-refractivity contribution >= 4 is 21.6 Å². The summed E-state index contributed by atoms with van der Waals surface area (Å²) in [5, 5.41) is 14.6. The van der Waals surface area contributed by atoms with Crippen LogP contribution in [0.1, 0.15) is 38.7 Å². The number of rotatable bonds is 3. The van der Waals surface area contributed by atoms with E-state index in [1.54, 1.807) is 31.4 Å². The second-order valence-electron chi connectivity index (χ2n) is 8.91. The van der Waals surface area contributed by atoms with E-state index in [-0.39, 0.29) is 23.1 Å². The van der Waals surface area contributed by atoms with Crippen molar-refractivity contribution in [2.24, 2.45) is 16.5 Å². The van der Waals surface area contributed by atoms with Gasteiger partial charge in [0.05, 0.1) is 13.2 Å². The fraction of sp³-hybridized carbons (Fsp3) is 0.600. The monoisotopic (exact) mass is 420 g/mol. The quantitative estimate of drug-likeness (QED) is 0.790. The Hall–Kier alpha value is -2.13. The maximum Gasteiger partial charge on any atom is 0.283 e. The second kappa shape index (κ2) is 5.72. The molecule has 8 nitrogen and oxygen atoms in total. The van der Waals surface area contributed by atoms with Crippen LogP contribution in [0, 0.1) is 11.3 Å². The first-order valence-electron chi connectivity index (χ1n) is 9.81. The van der Waals surface area contributed by atoms with E-state index in [2.05, 4.69) is 5.16 Å². The molecule has 1 saturated heterocycles. The molecule has 1 aromatic carbocycles. The van der Waals surface area contributed by atoms with Crippen LogP contribution in [0.3, 0.4) is 0 Å². The lowest BCUT2D eigenvalue weighted by molar-refractivity contribution is -0.145. The van der Waals surface area contributed by atoms with E-state index < -0.39 is 32.9 Å². The summed E-state index contributed by atoms with van der Waals surface area (Å²) in [5.74, 6) is 0.190. The number of ether oxygens (including phenoxy) is 1. The van der Waals surface area contributed by atoms with E-state index in [0.717, 1.165) is 10.7 Å². The lowest BCUT2D eigenvalue weighted by atomic mass is 9.80. The van der Waals surface area contributed by atoms with Crippen LogP contribution in [0.5, 0.6) is 5.75 Å². The van der Waals surface area contributed by atoms with Gasteiger partial charge in [-0.1, -0.05) is 19.0 Å². The van der Waals surface area contributed by atoms with Gasteiger partial charge in [0.2, 0.25) is 16.1 Å². The van der Waals surface area contributed by atoms with Gasteiger partial charge in [0.25, 0.3) is 5.91 Å². The van der Waals surface area contributed by atoms with Gasteiger partial charge in [-0.2, -0.15) is 0 Å². The van der Waals surface area contributed by atoms with Crippen LogP contribution in [0.15, 0.2) is 29.4 Å². The summed E-state index contributed by atoms with van der Waals surface area (Å²) in [5.41, 5.74) is 0.428. The highest BCUT2D eigenvalue weighted by atomic mass is 32.2. The van der Waals surface area contributed by atoms with E-state index in [4.69, 9.17) is 9.57 Å². The number of amides is 1. The van der Waals surface area contributed by atoms with Crippen molar-refractivity contribution in [2.45, 2.75) is 56.1 Å². The number of nitrogens with zero attached hydrogens (tertiary/aromatic N) is 2. The number of hydrogen-bond acceptors (Lipinski definition) is 7. The highest BCUT2D eigenvalue weighted by molar-refractivity contribution is 7.92. The zero-order valence-corrected chi connectivity index (χ0v) is 17.3. The smallest absolute Gasteiger partial charge is 0.283 e. The third-order valence-electron chi connectivity index (χ3n) is 7.70. The number of hydrogen-bond donors (Lipinski definition) is 1. The number of fused-ring (bicyclic) bond motifs is 1. The van der Waals surface area contributed by atoms with Crippen LogP contribution in [0.25, 0.3) is 0 Å². The van der Waals surface area contributed by atoms with E-state index in [0.29, 0.717) is 24.2 Å². The fourth-order valence-electron chi connectivity index (χ4n) is 6.03. The third-order valence-corrected chi connectivity index (χ3v) is 10.6. The average Bonchev–Trinajstić information content (AvgIpc) is 3.26. The minimum atomic E-state index is -3.80. The molecule has 1 amide bonds. The zero-order valence-electron chi connectivity index (χ0n) is 16.5. The molecule has 5 rings (SSSR count). The first kappa shape index (κ1) is 18.9. The zero-order chi connectivity index (χ0) is 20.8. The van der Waals surface area contributed by atoms with Crippen molar-refractivity contribution in [1.82, 2.24) is 4.31 Å². The maximum absolute atomic E-state index is 13.3. The normalized spacial score (nSPS) is 38.1. The molecule has 0 unspecified atom stereocenters. The van der Waals surface area contributed by atoms with Crippen LogP contribution in [0.4, 0.5) is 0 Å². The number of methoxy groups -OCH3 is 1. The molecule has 5 atom stereocenters. The Morgan fingerprint density at radius 2 is 2.00 bits per heavy atom. The number of sulfonamides is 1. The third kappa shape index (κ3) is 2.05. The van der Waals surface area contributed by atoms with Crippen molar-refractivity contribution in [3.05, 3.63) is 29.8 Å². The van der Waals surface area contributed by atoms with Gasteiger partial charge in [0.1, 0.15) is 22.3 Å². The van der Waals surface area contributed by atoms with Crippen LogP contribution in [-0.4, -0.2) is 59.6 Å². The van der Waals surface area contributed by atoms with Crippen LogP contribution in [0.2, 0.25) is 0 Å². The van der Waals surface area contributed by atoms with Crippen molar-refractivity contribution in [3.63, 3.8) is 0 Å². The molecule has 156 valence electrons. The van der Waals surface area contributed by atoms with E-state index in [1.807, 2.05) is 13.8 Å². The molecule has 9 heteroatoms. The first-order chi connectivity index (χ1) is 13.7. The number of oxime groups is 1. The summed E-state index contributed by atoms with van der Waals surface area (Å²) in [4.78, 5) is 18.4. The van der Waals surface area contributed by atoms with Gasteiger partial charge in [-0.15, -0.1) is 0 Å². The topological polar surface area (TPSA) is 106 Å². The summed E-state index contributed by atoms with van der Waals surface area (Å²) >= 11 is 0. The molecule has 0 radical (unpaired) electrons. The predicted octanol–water partition coefficient (Wildman–Crippen LogP) is 1.28. The van der Waals surface area contributed by atoms with E-state index >= 15 is 0 Å². The summed E-state index contributed by atoms with van der Waals surface area (Å²) in [6.07, 6.45) is -0.565. The molecule has 0 aromatic heterocycles. The Labute approximate surface area is 169 Å². The molecule has 2 saturated carbocycles. The summed E-state index contributed by atoms with van der Waals surface area (Å²) in [6, 6.07) is 6.46. The second-order valence-corrected chi connectivity index (χ2v) is 11.0. The van der Waals surface area contributed by atoms with Gasteiger partial charge >= 0.3 is 0 Å². The minimum Gasteiger partial charge on any atom is -0.497 e. The standard InChI is InChI=1S/C20H24N2O6S/c1-19(2)12-8-9-20(19)14(10-12)22(29(20,25)26)18(24)17-16(23)15(21-28-17)11-4-6-13(27-3)7-5-11/h4-7,12,14,16-17,23H,8-10H2,1-3H3/t12-,14-,16-,17-,20-/m1/s1. The molecule has 2 aliphatic carbocycles. The number of carbonyl (C=O) groups is 1. The molecular formula is C20H24N2O6S. The molecule has 1 N–H and O–H groups in total. The largest absolute Gasteiger partial charge is 0.497 e. The molecular weight excluding hydrogens is 396 g/mol. The Morgan fingerprint density at radius 1 is 1.31 bits per heavy atom. The van der Waals surface area contributed by atoms with Gasteiger partial charge in [0, 0.05) is 5.56 Å². The molecule has 1 spiro atoms. The van der Waals surface area contributed by atoms with Crippen molar-refractivity contribution in [1.29, 1.82) is 0 Å². The molecule has 29 heavy (non-hydrogen) atoms. The van der Waals surface area contributed by atoms with Gasteiger partial charge in [-0.25, -0.2) is 12.7 Å². The van der Waals surface area contributed by atoms with E-state index in [1.165, 1.54) is 0 Å². The van der Waals surface area contributed by atoms with E-state index in [9.17, 15) is 18.3 Å². The highest BCUT2D eigenvalue weighted by Gasteiger charge is 2.81. The van der Waals surface area contributed by atoms with Crippen LogP contribution in [-0.2, 0) is 19.7 Å². The fourth-order valence-corrected chi connectivity index (χ4v) is 8.91. The number of aliphatic hydroxyl groups excluding tert-OH is 1. The number of aliphatic hydroxyl groups is 1. The molecule has 3 fully saturated rings. The van der Waals surface area contributed by atoms with Gasteiger partial charge in [0.15, 0.2) is 0 Å². The Bertz CT molecular complexity index is 1020. The Morgan fingerprint density at radius 3 is 2.62 bits per heavy atom. The summed E-state index contributed by atoms with van der Waals surface area (Å²) in [6.45, 7) is 3.99. The van der Waals surface area contributed by atoms with Crippen molar-refractivity contribution in [3.8, 4) is 5.75 Å². The summed E-state index contributed by atoms with van der Waals surface area (Å²) in [7, 11) is -2.26. The predicted molar refractivity (Wildman–Crippen MR) is 104 cm³/mol. The lowest BCUT2D eigenvalue weighted by Crippen LogP contribution is -2.76. The van der Waals surface area contributed by atoms with Gasteiger partial charge in [-0.05, 0) is 54.9 Å². The van der Waals surface area contributed by atoms with Crippen molar-refractivity contribution < 1.29 is 27.9 Å². The molecule has 4 aliphatic rings. The van der Waals surface area contributed by atoms with Gasteiger partial charge < -0.3 is 14.7 Å².